The van der Waals surface area contributed by atoms with Crippen LogP contribution in [0.1, 0.15) is 63.3 Å². The summed E-state index contributed by atoms with van der Waals surface area (Å²) in [5.74, 6) is -0.577. The molecular formula is C53H51N3O5S2. The molecule has 0 spiro atoms. The van der Waals surface area contributed by atoms with Gasteiger partial charge in [-0.15, -0.1) is 0 Å². The molecule has 2 aliphatic heterocycles. The van der Waals surface area contributed by atoms with E-state index in [1.807, 2.05) is 83.8 Å². The second-order valence-electron chi connectivity index (χ2n) is 17.7. The fourth-order valence-corrected chi connectivity index (χ4v) is 11.7. The van der Waals surface area contributed by atoms with Gasteiger partial charge in [-0.05, 0) is 88.5 Å². The molecule has 1 aliphatic carbocycles. The van der Waals surface area contributed by atoms with Crippen LogP contribution in [-0.2, 0) is 31.0 Å². The van der Waals surface area contributed by atoms with E-state index in [2.05, 4.69) is 99.9 Å². The van der Waals surface area contributed by atoms with E-state index in [0.717, 1.165) is 63.1 Å². The molecule has 6 aromatic carbocycles. The third-order valence-electron chi connectivity index (χ3n) is 12.9. The molecule has 0 saturated heterocycles. The van der Waals surface area contributed by atoms with Gasteiger partial charge in [0.15, 0.2) is 5.71 Å². The molecule has 9 rings (SSSR count). The molecule has 0 amide bonds. The molecular weight excluding hydrogens is 823 g/mol. The van der Waals surface area contributed by atoms with Crippen LogP contribution in [0.4, 0.5) is 17.1 Å². The van der Waals surface area contributed by atoms with E-state index in [9.17, 15) is 21.4 Å². The summed E-state index contributed by atoms with van der Waals surface area (Å²) in [5.41, 5.74) is 9.39. The van der Waals surface area contributed by atoms with Gasteiger partial charge in [-0.2, -0.15) is 4.58 Å². The maximum absolute atomic E-state index is 14.3. The number of rotatable bonds is 11. The third-order valence-corrected chi connectivity index (χ3v) is 14.6. The van der Waals surface area contributed by atoms with Crippen molar-refractivity contribution in [3.05, 3.63) is 185 Å². The average Bonchev–Trinajstić information content (AvgIpc) is 3.75. The lowest BCUT2D eigenvalue weighted by Crippen LogP contribution is -2.31. The van der Waals surface area contributed by atoms with Crippen molar-refractivity contribution in [1.29, 1.82) is 0 Å². The Labute approximate surface area is 371 Å². The highest BCUT2D eigenvalue weighted by Gasteiger charge is 2.46. The van der Waals surface area contributed by atoms with Crippen LogP contribution < -0.4 is 9.21 Å². The number of allylic oxidation sites excluding steroid dienone is 7. The lowest BCUT2D eigenvalue weighted by molar-refractivity contribution is -0.437. The molecule has 0 N–H and O–H groups in total. The van der Waals surface area contributed by atoms with E-state index in [0.29, 0.717) is 17.0 Å². The van der Waals surface area contributed by atoms with Gasteiger partial charge >= 0.3 is 0 Å². The summed E-state index contributed by atoms with van der Waals surface area (Å²) in [7, 11) is -8.49. The van der Waals surface area contributed by atoms with Crippen LogP contribution in [0, 0.1) is 0 Å². The molecule has 8 nitrogen and oxygen atoms in total. The minimum absolute atomic E-state index is 0.0390. The van der Waals surface area contributed by atoms with E-state index in [-0.39, 0.29) is 12.0 Å². The Hall–Kier alpha value is -6.07. The molecule has 0 bridgehead atoms. The molecule has 0 unspecified atom stereocenters. The van der Waals surface area contributed by atoms with E-state index in [4.69, 9.17) is 0 Å². The van der Waals surface area contributed by atoms with E-state index in [1.165, 1.54) is 32.6 Å². The van der Waals surface area contributed by atoms with Crippen molar-refractivity contribution in [3.63, 3.8) is 0 Å². The Kier molecular flexibility index (Phi) is 10.5. The lowest BCUT2D eigenvalue weighted by Gasteiger charge is -2.28. The van der Waals surface area contributed by atoms with Gasteiger partial charge in [-0.3, -0.25) is 0 Å². The zero-order valence-corrected chi connectivity index (χ0v) is 38.1. The van der Waals surface area contributed by atoms with Gasteiger partial charge < -0.3 is 9.45 Å². The third kappa shape index (κ3) is 7.24. The van der Waals surface area contributed by atoms with Crippen LogP contribution in [-0.4, -0.2) is 56.8 Å². The molecule has 63 heavy (non-hydrogen) atoms. The topological polar surface area (TPSA) is 101 Å². The first-order valence-electron chi connectivity index (χ1n) is 21.4. The Morgan fingerprint density at radius 2 is 1.29 bits per heavy atom. The highest BCUT2D eigenvalue weighted by Crippen LogP contribution is 2.52. The van der Waals surface area contributed by atoms with Crippen molar-refractivity contribution < 1.29 is 26.0 Å². The zero-order chi connectivity index (χ0) is 44.5. The van der Waals surface area contributed by atoms with Crippen LogP contribution in [0.5, 0.6) is 0 Å². The summed E-state index contributed by atoms with van der Waals surface area (Å²) in [6.07, 6.45) is 10.4. The molecule has 10 heteroatoms. The summed E-state index contributed by atoms with van der Waals surface area (Å²) >= 11 is 0. The maximum Gasteiger partial charge on any atom is 0.236 e. The predicted octanol–water partition coefficient (Wildman–Crippen LogP) is 10.8. The number of fused-ring (bicyclic) bond motifs is 7. The molecule has 0 atom stereocenters. The molecule has 320 valence electrons. The van der Waals surface area contributed by atoms with E-state index in [1.54, 1.807) is 12.1 Å². The van der Waals surface area contributed by atoms with Gasteiger partial charge in [0, 0.05) is 58.6 Å². The van der Waals surface area contributed by atoms with Crippen molar-refractivity contribution >= 4 is 75.6 Å². The number of nitrogens with zero attached hydrogens (tertiary/aromatic N) is 3. The monoisotopic (exact) mass is 873 g/mol. The SMILES string of the molecule is CCC[N+]1=C(/C=C/C2=C(N(c3ccccc3)S(C)(=O)=O)C(=C/C=C3/N(CCS(=O)(=O)[O-])c4ccc5ccccc5c4C3(C)C)/c3ccccc32)C(C)(C)c2c1ccc1ccccc21. The predicted molar refractivity (Wildman–Crippen MR) is 258 cm³/mol. The summed E-state index contributed by atoms with van der Waals surface area (Å²) in [6, 6.07) is 42.2. The van der Waals surface area contributed by atoms with Crippen molar-refractivity contribution in [3.8, 4) is 0 Å². The van der Waals surface area contributed by atoms with Crippen molar-refractivity contribution in [2.45, 2.75) is 51.9 Å². The first-order valence-corrected chi connectivity index (χ1v) is 24.9. The minimum atomic E-state index is -4.55. The van der Waals surface area contributed by atoms with E-state index >= 15 is 0 Å². The molecule has 2 heterocycles. The zero-order valence-electron chi connectivity index (χ0n) is 36.5. The summed E-state index contributed by atoms with van der Waals surface area (Å²) in [4.78, 5) is 1.94. The van der Waals surface area contributed by atoms with Crippen LogP contribution in [0.2, 0.25) is 0 Å². The summed E-state index contributed by atoms with van der Waals surface area (Å²) in [6.45, 7) is 11.7. The Morgan fingerprint density at radius 3 is 1.94 bits per heavy atom. The second kappa shape index (κ2) is 15.6. The van der Waals surface area contributed by atoms with Crippen molar-refractivity contribution in [2.75, 3.05) is 34.3 Å². The fraction of sp³-hybridized carbons (Fsp3) is 0.226. The van der Waals surface area contributed by atoms with Crippen molar-refractivity contribution in [1.82, 2.24) is 0 Å². The fourth-order valence-electron chi connectivity index (χ4n) is 10.3. The van der Waals surface area contributed by atoms with Gasteiger partial charge in [0.1, 0.15) is 6.54 Å². The lowest BCUT2D eigenvalue weighted by atomic mass is 9.79. The number of hydrogen-bond acceptors (Lipinski definition) is 6. The second-order valence-corrected chi connectivity index (χ2v) is 21.1. The first-order chi connectivity index (χ1) is 30.0. The molecule has 0 radical (unpaired) electrons. The van der Waals surface area contributed by atoms with Crippen LogP contribution in [0.25, 0.3) is 32.7 Å². The molecule has 3 aliphatic rings. The summed E-state index contributed by atoms with van der Waals surface area (Å²) < 4.78 is 68.9. The highest BCUT2D eigenvalue weighted by atomic mass is 32.2. The Morgan fingerprint density at radius 1 is 0.683 bits per heavy atom. The van der Waals surface area contributed by atoms with Gasteiger partial charge in [0.05, 0.1) is 38.9 Å². The standard InChI is InChI=1S/C53H51N3O5S2/c1-7-33-54-45-29-25-36-17-11-13-21-39(36)49(45)52(2,3)47(54)31-27-43-41-23-15-16-24-42(41)44(51(43)56(62(6,57)58)38-19-9-8-10-20-38)28-32-48-53(4,5)50-40-22-14-12-18-37(40)26-30-46(50)55(48)34-35-63(59,60)61/h8-32H,7,33-35H2,1-6H3. The number of benzene rings is 6. The number of anilines is 2. The van der Waals surface area contributed by atoms with E-state index < -0.39 is 31.3 Å². The first kappa shape index (κ1) is 42.2. The average molecular weight is 874 g/mol. The van der Waals surface area contributed by atoms with Crippen molar-refractivity contribution in [2.24, 2.45) is 0 Å². The molecule has 6 aromatic rings. The van der Waals surface area contributed by atoms with Crippen LogP contribution >= 0.6 is 0 Å². The smallest absolute Gasteiger partial charge is 0.236 e. The normalized spacial score (nSPS) is 18.0. The Balaban J connectivity index is 1.29. The molecule has 0 aromatic heterocycles. The van der Waals surface area contributed by atoms with Gasteiger partial charge in [-0.1, -0.05) is 124 Å². The quantitative estimate of drug-likeness (QED) is 0.0949. The largest absolute Gasteiger partial charge is 0.748 e. The molecule has 0 fully saturated rings. The van der Waals surface area contributed by atoms with Crippen LogP contribution in [0.3, 0.4) is 0 Å². The van der Waals surface area contributed by atoms with Gasteiger partial charge in [0.2, 0.25) is 15.7 Å². The highest BCUT2D eigenvalue weighted by molar-refractivity contribution is 7.92. The minimum Gasteiger partial charge on any atom is -0.748 e. The molecule has 0 saturated carbocycles. The maximum atomic E-state index is 14.3. The summed E-state index contributed by atoms with van der Waals surface area (Å²) in [5, 5.41) is 4.49. The number of hydrogen-bond donors (Lipinski definition) is 0. The number of para-hydroxylation sites is 1. The van der Waals surface area contributed by atoms with Gasteiger partial charge in [0.25, 0.3) is 0 Å². The van der Waals surface area contributed by atoms with Crippen LogP contribution in [0.15, 0.2) is 163 Å². The number of sulfonamides is 1. The Bertz CT molecular complexity index is 3250. The van der Waals surface area contributed by atoms with Gasteiger partial charge in [-0.25, -0.2) is 21.1 Å².